The van der Waals surface area contributed by atoms with Crippen molar-refractivity contribution >= 4 is 39.1 Å². The molecule has 1 N–H and O–H groups in total. The molecule has 0 aliphatic rings. The summed E-state index contributed by atoms with van der Waals surface area (Å²) in [5.74, 6) is 0.259. The third-order valence-electron chi connectivity index (χ3n) is 2.65. The molecule has 20 heavy (non-hydrogen) atoms. The molecule has 0 spiro atoms. The van der Waals surface area contributed by atoms with Crippen molar-refractivity contribution in [1.82, 2.24) is 0 Å². The van der Waals surface area contributed by atoms with E-state index in [4.69, 9.17) is 16.3 Å². The molecule has 0 saturated heterocycles. The quantitative estimate of drug-likeness (QED) is 0.882. The summed E-state index contributed by atoms with van der Waals surface area (Å²) in [6.07, 6.45) is 0. The van der Waals surface area contributed by atoms with Gasteiger partial charge in [0.1, 0.15) is 5.75 Å². The van der Waals surface area contributed by atoms with Gasteiger partial charge in [-0.2, -0.15) is 0 Å². The predicted octanol–water partition coefficient (Wildman–Crippen LogP) is 4.43. The Kier molecular flexibility index (Phi) is 5.04. The van der Waals surface area contributed by atoms with E-state index in [1.165, 1.54) is 0 Å². The summed E-state index contributed by atoms with van der Waals surface area (Å²) in [7, 11) is 0. The Morgan fingerprint density at radius 1 is 1.30 bits per heavy atom. The Hall–Kier alpha value is -1.52. The molecule has 0 bridgehead atoms. The van der Waals surface area contributed by atoms with E-state index in [2.05, 4.69) is 21.2 Å². The first-order valence-electron chi connectivity index (χ1n) is 5.99. The van der Waals surface area contributed by atoms with Gasteiger partial charge in [-0.3, -0.25) is 4.79 Å². The lowest BCUT2D eigenvalue weighted by atomic mass is 10.2. The number of hydrogen-bond donors (Lipinski definition) is 1. The molecule has 3 nitrogen and oxygen atoms in total. The van der Waals surface area contributed by atoms with Gasteiger partial charge in [-0.05, 0) is 36.8 Å². The molecule has 0 radical (unpaired) electrons. The smallest absolute Gasteiger partial charge is 0.262 e. The summed E-state index contributed by atoms with van der Waals surface area (Å²) < 4.78 is 6.32. The van der Waals surface area contributed by atoms with E-state index >= 15 is 0 Å². The number of halogens is 2. The van der Waals surface area contributed by atoms with Gasteiger partial charge < -0.3 is 10.1 Å². The van der Waals surface area contributed by atoms with Gasteiger partial charge in [0, 0.05) is 10.2 Å². The third-order valence-corrected chi connectivity index (χ3v) is 3.82. The molecule has 2 rings (SSSR count). The second-order valence-electron chi connectivity index (χ2n) is 4.23. The van der Waals surface area contributed by atoms with Crippen LogP contribution in [0.5, 0.6) is 5.75 Å². The minimum absolute atomic E-state index is 0.0881. The number of rotatable bonds is 4. The molecule has 0 atom stereocenters. The van der Waals surface area contributed by atoms with Crippen LogP contribution in [0.25, 0.3) is 0 Å². The molecular formula is C15H13BrClNO2. The van der Waals surface area contributed by atoms with E-state index < -0.39 is 0 Å². The molecule has 0 aliphatic heterocycles. The zero-order chi connectivity index (χ0) is 14.5. The average Bonchev–Trinajstić information content (AvgIpc) is 2.42. The number of carbonyl (C=O) groups excluding carboxylic acids is 1. The number of nitrogens with one attached hydrogen (secondary N) is 1. The van der Waals surface area contributed by atoms with E-state index in [9.17, 15) is 4.79 Å². The van der Waals surface area contributed by atoms with Gasteiger partial charge in [0.25, 0.3) is 5.91 Å². The van der Waals surface area contributed by atoms with Crippen LogP contribution < -0.4 is 10.1 Å². The summed E-state index contributed by atoms with van der Waals surface area (Å²) in [6, 6.07) is 12.7. The largest absolute Gasteiger partial charge is 0.482 e. The highest BCUT2D eigenvalue weighted by molar-refractivity contribution is 9.10. The lowest BCUT2D eigenvalue weighted by molar-refractivity contribution is -0.118. The van der Waals surface area contributed by atoms with E-state index in [-0.39, 0.29) is 12.5 Å². The Morgan fingerprint density at radius 2 is 2.05 bits per heavy atom. The fourth-order valence-electron chi connectivity index (χ4n) is 1.57. The van der Waals surface area contributed by atoms with Gasteiger partial charge >= 0.3 is 0 Å². The lowest BCUT2D eigenvalue weighted by Gasteiger charge is -2.09. The fourth-order valence-corrected chi connectivity index (χ4v) is 2.14. The molecule has 2 aromatic rings. The van der Waals surface area contributed by atoms with Gasteiger partial charge in [0.2, 0.25) is 0 Å². The van der Waals surface area contributed by atoms with E-state index in [1.807, 2.05) is 25.1 Å². The first-order valence-corrected chi connectivity index (χ1v) is 7.16. The topological polar surface area (TPSA) is 38.3 Å². The fraction of sp³-hybridized carbons (Fsp3) is 0.133. The highest BCUT2D eigenvalue weighted by atomic mass is 79.9. The summed E-state index contributed by atoms with van der Waals surface area (Å²) in [4.78, 5) is 11.8. The number of para-hydroxylation sites is 1. The number of aryl methyl sites for hydroxylation is 1. The summed E-state index contributed by atoms with van der Waals surface area (Å²) in [5, 5.41) is 3.25. The maximum absolute atomic E-state index is 11.8. The van der Waals surface area contributed by atoms with Crippen molar-refractivity contribution in [3.05, 3.63) is 57.5 Å². The maximum Gasteiger partial charge on any atom is 0.262 e. The third kappa shape index (κ3) is 3.99. The van der Waals surface area contributed by atoms with Crippen molar-refractivity contribution < 1.29 is 9.53 Å². The SMILES string of the molecule is Cc1ccc(NC(=O)COc2ccccc2Cl)cc1Br. The number of benzene rings is 2. The number of carbonyl (C=O) groups is 1. The number of ether oxygens (including phenoxy) is 1. The first kappa shape index (κ1) is 14.9. The van der Waals surface area contributed by atoms with Gasteiger partial charge in [-0.15, -0.1) is 0 Å². The normalized spacial score (nSPS) is 10.2. The Labute approximate surface area is 131 Å². The number of hydrogen-bond acceptors (Lipinski definition) is 2. The summed E-state index contributed by atoms with van der Waals surface area (Å²) in [5.41, 5.74) is 1.82. The van der Waals surface area contributed by atoms with Crippen LogP contribution >= 0.6 is 27.5 Å². The van der Waals surface area contributed by atoms with Gasteiger partial charge in [0.05, 0.1) is 5.02 Å². The van der Waals surface area contributed by atoms with Gasteiger partial charge in [-0.25, -0.2) is 0 Å². The maximum atomic E-state index is 11.8. The van der Waals surface area contributed by atoms with Crippen LogP contribution in [0.3, 0.4) is 0 Å². The minimum atomic E-state index is -0.235. The zero-order valence-electron chi connectivity index (χ0n) is 10.8. The molecule has 0 unspecified atom stereocenters. The van der Waals surface area contributed by atoms with Crippen molar-refractivity contribution in [2.45, 2.75) is 6.92 Å². The van der Waals surface area contributed by atoms with Crippen molar-refractivity contribution in [3.8, 4) is 5.75 Å². The second-order valence-corrected chi connectivity index (χ2v) is 5.49. The highest BCUT2D eigenvalue weighted by Crippen LogP contribution is 2.23. The van der Waals surface area contributed by atoms with Crippen molar-refractivity contribution in [1.29, 1.82) is 0 Å². The molecule has 0 aliphatic carbocycles. The van der Waals surface area contributed by atoms with Crippen molar-refractivity contribution in [2.75, 3.05) is 11.9 Å². The molecular weight excluding hydrogens is 342 g/mol. The predicted molar refractivity (Wildman–Crippen MR) is 84.5 cm³/mol. The van der Waals surface area contributed by atoms with Crippen molar-refractivity contribution in [2.24, 2.45) is 0 Å². The lowest BCUT2D eigenvalue weighted by Crippen LogP contribution is -2.20. The molecule has 5 heteroatoms. The Balaban J connectivity index is 1.93. The molecule has 0 aromatic heterocycles. The van der Waals surface area contributed by atoms with E-state index in [0.29, 0.717) is 10.8 Å². The summed E-state index contributed by atoms with van der Waals surface area (Å²) >= 11 is 9.36. The van der Waals surface area contributed by atoms with Gasteiger partial charge in [-0.1, -0.05) is 45.7 Å². The molecule has 0 heterocycles. The number of amides is 1. The average molecular weight is 355 g/mol. The molecule has 0 saturated carbocycles. The zero-order valence-corrected chi connectivity index (χ0v) is 13.2. The molecule has 2 aromatic carbocycles. The molecule has 1 amide bonds. The van der Waals surface area contributed by atoms with Crippen LogP contribution in [0.1, 0.15) is 5.56 Å². The monoisotopic (exact) mass is 353 g/mol. The minimum Gasteiger partial charge on any atom is -0.482 e. The van der Waals surface area contributed by atoms with Crippen LogP contribution in [0.4, 0.5) is 5.69 Å². The Morgan fingerprint density at radius 3 is 2.75 bits per heavy atom. The van der Waals surface area contributed by atoms with Crippen LogP contribution in [-0.4, -0.2) is 12.5 Å². The summed E-state index contributed by atoms with van der Waals surface area (Å²) in [6.45, 7) is 1.89. The van der Waals surface area contributed by atoms with Crippen LogP contribution in [-0.2, 0) is 4.79 Å². The van der Waals surface area contributed by atoms with Crippen LogP contribution in [0.15, 0.2) is 46.9 Å². The van der Waals surface area contributed by atoms with E-state index in [1.54, 1.807) is 24.3 Å². The first-order chi connectivity index (χ1) is 9.56. The van der Waals surface area contributed by atoms with Crippen LogP contribution in [0.2, 0.25) is 5.02 Å². The second kappa shape index (κ2) is 6.77. The number of anilines is 1. The standard InChI is InChI=1S/C15H13BrClNO2/c1-10-6-7-11(8-12(10)16)18-15(19)9-20-14-5-3-2-4-13(14)17/h2-8H,9H2,1H3,(H,18,19). The van der Waals surface area contributed by atoms with Gasteiger partial charge in [0.15, 0.2) is 6.61 Å². The van der Waals surface area contributed by atoms with E-state index in [0.717, 1.165) is 15.7 Å². The molecule has 0 fully saturated rings. The highest BCUT2D eigenvalue weighted by Gasteiger charge is 2.06. The molecule has 104 valence electrons. The van der Waals surface area contributed by atoms with Crippen LogP contribution in [0, 0.1) is 6.92 Å². The van der Waals surface area contributed by atoms with Crippen molar-refractivity contribution in [3.63, 3.8) is 0 Å². The Bertz CT molecular complexity index is 631.